The van der Waals surface area contributed by atoms with Crippen molar-refractivity contribution < 1.29 is 18.9 Å². The van der Waals surface area contributed by atoms with Crippen LogP contribution in [0.25, 0.3) is 28.5 Å². The summed E-state index contributed by atoms with van der Waals surface area (Å²) in [6.45, 7) is 2.51. The first-order chi connectivity index (χ1) is 15.0. The third-order valence-electron chi connectivity index (χ3n) is 4.29. The Balaban J connectivity index is 1.45. The van der Waals surface area contributed by atoms with Gasteiger partial charge in [-0.05, 0) is 42.8 Å². The van der Waals surface area contributed by atoms with Crippen LogP contribution in [0.5, 0.6) is 5.75 Å². The van der Waals surface area contributed by atoms with Crippen molar-refractivity contribution in [3.05, 3.63) is 75.7 Å². The lowest BCUT2D eigenvalue weighted by atomic mass is 10.2. The summed E-state index contributed by atoms with van der Waals surface area (Å²) >= 11 is 1.27. The Kier molecular flexibility index (Phi) is 5.76. The number of benzene rings is 2. The van der Waals surface area contributed by atoms with Crippen molar-refractivity contribution in [1.82, 2.24) is 4.98 Å². The molecule has 4 aromatic rings. The van der Waals surface area contributed by atoms with Gasteiger partial charge in [0.05, 0.1) is 11.5 Å². The largest absolute Gasteiger partial charge is 0.494 e. The summed E-state index contributed by atoms with van der Waals surface area (Å²) in [5, 5.41) is 16.6. The first kappa shape index (κ1) is 20.3. The molecule has 0 unspecified atom stereocenters. The Morgan fingerprint density at radius 2 is 2.16 bits per heavy atom. The topological polar surface area (TPSA) is 108 Å². The van der Waals surface area contributed by atoms with E-state index in [0.29, 0.717) is 28.8 Å². The van der Waals surface area contributed by atoms with E-state index in [-0.39, 0.29) is 5.69 Å². The molecule has 31 heavy (non-hydrogen) atoms. The van der Waals surface area contributed by atoms with Crippen molar-refractivity contribution in [2.45, 2.75) is 6.92 Å². The number of carbonyl (C=O) groups is 1. The molecule has 9 heteroatoms. The fourth-order valence-electron chi connectivity index (χ4n) is 2.91. The van der Waals surface area contributed by atoms with Gasteiger partial charge in [0, 0.05) is 29.0 Å². The van der Waals surface area contributed by atoms with Crippen LogP contribution < -0.4 is 10.1 Å². The molecule has 0 atom stereocenters. The summed E-state index contributed by atoms with van der Waals surface area (Å²) < 4.78 is 11.4. The summed E-state index contributed by atoms with van der Waals surface area (Å²) in [5.41, 5.74) is 1.85. The molecular formula is C22H17N3O5S. The second-order valence-electron chi connectivity index (χ2n) is 6.46. The van der Waals surface area contributed by atoms with Crippen molar-refractivity contribution >= 4 is 45.1 Å². The average Bonchev–Trinajstić information content (AvgIpc) is 3.39. The molecule has 0 saturated carbocycles. The van der Waals surface area contributed by atoms with Crippen molar-refractivity contribution in [3.63, 3.8) is 0 Å². The van der Waals surface area contributed by atoms with E-state index in [2.05, 4.69) is 10.3 Å². The Morgan fingerprint density at radius 3 is 2.97 bits per heavy atom. The molecule has 2 aromatic heterocycles. The van der Waals surface area contributed by atoms with E-state index in [9.17, 15) is 14.9 Å². The standard InChI is InChI=1S/C22H17N3O5S/c1-2-29-17-7-8-19-15(11-17)12-20(30-19)18-13-31-22(23-18)24-21(26)9-6-14-4-3-5-16(10-14)25(27)28/h3-13H,2H2,1H3,(H,23,24,26)/b9-6+. The Labute approximate surface area is 180 Å². The van der Waals surface area contributed by atoms with E-state index in [1.807, 2.05) is 31.2 Å². The normalized spacial score (nSPS) is 11.1. The quantitative estimate of drug-likeness (QED) is 0.233. The average molecular weight is 435 g/mol. The number of hydrogen-bond acceptors (Lipinski definition) is 7. The highest BCUT2D eigenvalue weighted by Gasteiger charge is 2.12. The maximum absolute atomic E-state index is 12.2. The number of carbonyl (C=O) groups excluding carboxylic acids is 1. The Hall–Kier alpha value is -3.98. The molecule has 4 rings (SSSR count). The van der Waals surface area contributed by atoms with Crippen LogP contribution in [-0.2, 0) is 4.79 Å². The van der Waals surface area contributed by atoms with Gasteiger partial charge >= 0.3 is 0 Å². The lowest BCUT2D eigenvalue weighted by molar-refractivity contribution is -0.384. The number of fused-ring (bicyclic) bond motifs is 1. The highest BCUT2D eigenvalue weighted by Crippen LogP contribution is 2.32. The molecule has 1 amide bonds. The van der Waals surface area contributed by atoms with Gasteiger partial charge in [0.1, 0.15) is 17.0 Å². The molecule has 0 radical (unpaired) electrons. The zero-order valence-corrected chi connectivity index (χ0v) is 17.2. The minimum absolute atomic E-state index is 0.0358. The number of anilines is 1. The highest BCUT2D eigenvalue weighted by atomic mass is 32.1. The Morgan fingerprint density at radius 1 is 1.29 bits per heavy atom. The number of nitrogens with zero attached hydrogens (tertiary/aromatic N) is 2. The SMILES string of the molecule is CCOc1ccc2oc(-c3csc(NC(=O)/C=C/c4cccc([N+](=O)[O-])c4)n3)cc2c1. The summed E-state index contributed by atoms with van der Waals surface area (Å²) in [4.78, 5) is 26.9. The molecule has 0 bridgehead atoms. The number of furan rings is 1. The predicted octanol–water partition coefficient (Wildman–Crippen LogP) is 5.52. The lowest BCUT2D eigenvalue weighted by Crippen LogP contribution is -2.07. The number of nitro benzene ring substituents is 1. The fraction of sp³-hybridized carbons (Fsp3) is 0.0909. The summed E-state index contributed by atoms with van der Waals surface area (Å²) in [7, 11) is 0. The molecule has 0 aliphatic heterocycles. The van der Waals surface area contributed by atoms with Crippen molar-refractivity contribution in [3.8, 4) is 17.2 Å². The van der Waals surface area contributed by atoms with Crippen LogP contribution in [0.3, 0.4) is 0 Å². The number of nitrogens with one attached hydrogen (secondary N) is 1. The van der Waals surface area contributed by atoms with Gasteiger partial charge in [0.25, 0.3) is 5.69 Å². The monoisotopic (exact) mass is 435 g/mol. The molecule has 0 spiro atoms. The Bertz CT molecular complexity index is 1290. The van der Waals surface area contributed by atoms with E-state index in [0.717, 1.165) is 16.7 Å². The van der Waals surface area contributed by atoms with E-state index in [1.54, 1.807) is 17.5 Å². The van der Waals surface area contributed by atoms with Crippen LogP contribution in [0.1, 0.15) is 12.5 Å². The lowest BCUT2D eigenvalue weighted by Gasteiger charge is -2.00. The molecule has 2 heterocycles. The number of amides is 1. The maximum Gasteiger partial charge on any atom is 0.270 e. The van der Waals surface area contributed by atoms with Gasteiger partial charge in [-0.15, -0.1) is 11.3 Å². The van der Waals surface area contributed by atoms with Crippen LogP contribution in [0.15, 0.2) is 64.4 Å². The summed E-state index contributed by atoms with van der Waals surface area (Å²) in [5.74, 6) is 0.968. The van der Waals surface area contributed by atoms with Crippen LogP contribution >= 0.6 is 11.3 Å². The smallest absolute Gasteiger partial charge is 0.270 e. The predicted molar refractivity (Wildman–Crippen MR) is 119 cm³/mol. The maximum atomic E-state index is 12.2. The van der Waals surface area contributed by atoms with Crippen molar-refractivity contribution in [2.75, 3.05) is 11.9 Å². The van der Waals surface area contributed by atoms with Crippen LogP contribution in [0, 0.1) is 10.1 Å². The molecule has 2 aromatic carbocycles. The molecule has 0 saturated heterocycles. The van der Waals surface area contributed by atoms with Gasteiger partial charge in [0.2, 0.25) is 5.91 Å². The van der Waals surface area contributed by atoms with Crippen LogP contribution in [0.2, 0.25) is 0 Å². The van der Waals surface area contributed by atoms with E-state index < -0.39 is 10.8 Å². The number of aromatic nitrogens is 1. The third-order valence-corrected chi connectivity index (χ3v) is 5.05. The zero-order chi connectivity index (χ0) is 21.8. The third kappa shape index (κ3) is 4.78. The van der Waals surface area contributed by atoms with Crippen LogP contribution in [0.4, 0.5) is 10.8 Å². The molecule has 0 aliphatic rings. The van der Waals surface area contributed by atoms with Gasteiger partial charge in [0.15, 0.2) is 10.9 Å². The number of nitro groups is 1. The van der Waals surface area contributed by atoms with Crippen molar-refractivity contribution in [2.24, 2.45) is 0 Å². The second-order valence-corrected chi connectivity index (χ2v) is 7.31. The van der Waals surface area contributed by atoms with Gasteiger partial charge in [-0.25, -0.2) is 4.98 Å². The number of thiazole rings is 1. The van der Waals surface area contributed by atoms with Gasteiger partial charge in [-0.1, -0.05) is 12.1 Å². The van der Waals surface area contributed by atoms with Crippen LogP contribution in [-0.4, -0.2) is 22.4 Å². The first-order valence-electron chi connectivity index (χ1n) is 9.37. The molecule has 0 aliphatic carbocycles. The minimum Gasteiger partial charge on any atom is -0.494 e. The number of rotatable bonds is 7. The number of non-ortho nitro benzene ring substituents is 1. The van der Waals surface area contributed by atoms with E-state index in [1.165, 1.54) is 35.6 Å². The van der Waals surface area contributed by atoms with Crippen molar-refractivity contribution in [1.29, 1.82) is 0 Å². The molecule has 1 N–H and O–H groups in total. The summed E-state index contributed by atoms with van der Waals surface area (Å²) in [6.07, 6.45) is 2.81. The number of ether oxygens (including phenoxy) is 1. The highest BCUT2D eigenvalue weighted by molar-refractivity contribution is 7.14. The van der Waals surface area contributed by atoms with E-state index in [4.69, 9.17) is 9.15 Å². The molecule has 8 nitrogen and oxygen atoms in total. The summed E-state index contributed by atoms with van der Waals surface area (Å²) in [6, 6.07) is 13.5. The fourth-order valence-corrected chi connectivity index (χ4v) is 3.61. The van der Waals surface area contributed by atoms with E-state index >= 15 is 0 Å². The zero-order valence-electron chi connectivity index (χ0n) is 16.4. The molecule has 0 fully saturated rings. The minimum atomic E-state index is -0.482. The van der Waals surface area contributed by atoms with Gasteiger partial charge in [-0.2, -0.15) is 0 Å². The number of hydrogen-bond donors (Lipinski definition) is 1. The van der Waals surface area contributed by atoms with Gasteiger partial charge in [-0.3, -0.25) is 20.2 Å². The molecular weight excluding hydrogens is 418 g/mol. The molecule has 156 valence electrons. The first-order valence-corrected chi connectivity index (χ1v) is 10.3. The van der Waals surface area contributed by atoms with Gasteiger partial charge < -0.3 is 9.15 Å². The second kappa shape index (κ2) is 8.80.